The molecule has 2 N–H and O–H groups in total. The zero-order valence-electron chi connectivity index (χ0n) is 16.6. The van der Waals surface area contributed by atoms with Gasteiger partial charge in [0.2, 0.25) is 0 Å². The number of nitrogens with zero attached hydrogens (tertiary/aromatic N) is 1. The predicted molar refractivity (Wildman–Crippen MR) is 123 cm³/mol. The van der Waals surface area contributed by atoms with Crippen LogP contribution in [0.5, 0.6) is 11.5 Å². The molecule has 0 saturated heterocycles. The van der Waals surface area contributed by atoms with E-state index in [2.05, 4.69) is 15.8 Å². The lowest BCUT2D eigenvalue weighted by atomic mass is 10.2. The molecule has 0 atom stereocenters. The first-order valence-corrected chi connectivity index (χ1v) is 9.57. The van der Waals surface area contributed by atoms with Crippen molar-refractivity contribution >= 4 is 35.2 Å². The van der Waals surface area contributed by atoms with Gasteiger partial charge in [-0.3, -0.25) is 5.43 Å². The van der Waals surface area contributed by atoms with Crippen LogP contribution in [0.1, 0.15) is 21.5 Å². The Morgan fingerprint density at radius 3 is 2.37 bits per heavy atom. The number of thiocarbonyl (C=S) groups is 1. The van der Waals surface area contributed by atoms with Crippen molar-refractivity contribution in [2.75, 3.05) is 12.4 Å². The van der Waals surface area contributed by atoms with E-state index in [9.17, 15) is 4.79 Å². The second-order valence-corrected chi connectivity index (χ2v) is 6.79. The van der Waals surface area contributed by atoms with Crippen molar-refractivity contribution in [2.45, 2.75) is 6.92 Å². The monoisotopic (exact) mass is 419 g/mol. The Morgan fingerprint density at radius 2 is 1.70 bits per heavy atom. The number of carbonyl (C=O) groups is 1. The van der Waals surface area contributed by atoms with Gasteiger partial charge < -0.3 is 14.8 Å². The molecule has 0 amide bonds. The van der Waals surface area contributed by atoms with Gasteiger partial charge in [-0.15, -0.1) is 0 Å². The van der Waals surface area contributed by atoms with Crippen LogP contribution in [0.2, 0.25) is 0 Å². The van der Waals surface area contributed by atoms with E-state index in [-0.39, 0.29) is 0 Å². The number of nitrogens with one attached hydrogen (secondary N) is 2. The molecule has 3 aromatic rings. The van der Waals surface area contributed by atoms with E-state index >= 15 is 0 Å². The molecule has 3 aromatic carbocycles. The third kappa shape index (κ3) is 6.15. The van der Waals surface area contributed by atoms with Crippen LogP contribution in [0.25, 0.3) is 0 Å². The first kappa shape index (κ1) is 21.0. The number of aryl methyl sites for hydroxylation is 1. The van der Waals surface area contributed by atoms with Gasteiger partial charge in [0.15, 0.2) is 5.11 Å². The van der Waals surface area contributed by atoms with Crippen LogP contribution in [0.3, 0.4) is 0 Å². The van der Waals surface area contributed by atoms with Crippen molar-refractivity contribution in [3.63, 3.8) is 0 Å². The zero-order chi connectivity index (χ0) is 21.3. The minimum absolute atomic E-state index is 0.391. The molecule has 0 radical (unpaired) electrons. The number of hydrogen-bond donors (Lipinski definition) is 2. The van der Waals surface area contributed by atoms with Crippen molar-refractivity contribution in [1.82, 2.24) is 5.43 Å². The van der Waals surface area contributed by atoms with Gasteiger partial charge in [0.05, 0.1) is 18.9 Å². The summed E-state index contributed by atoms with van der Waals surface area (Å²) >= 11 is 5.22. The molecule has 0 aromatic heterocycles. The number of hydrogen-bond acceptors (Lipinski definition) is 5. The summed E-state index contributed by atoms with van der Waals surface area (Å²) in [4.78, 5) is 12.2. The molecule has 0 aliphatic carbocycles. The highest BCUT2D eigenvalue weighted by Gasteiger charge is 2.08. The van der Waals surface area contributed by atoms with Crippen LogP contribution in [-0.4, -0.2) is 24.4 Å². The van der Waals surface area contributed by atoms with Crippen molar-refractivity contribution in [3.05, 3.63) is 89.5 Å². The molecule has 0 aliphatic rings. The fourth-order valence-electron chi connectivity index (χ4n) is 2.56. The highest BCUT2D eigenvalue weighted by atomic mass is 32.1. The highest BCUT2D eigenvalue weighted by molar-refractivity contribution is 7.80. The largest absolute Gasteiger partial charge is 0.497 e. The Kier molecular flexibility index (Phi) is 7.13. The molecule has 0 heterocycles. The molecule has 0 unspecified atom stereocenters. The van der Waals surface area contributed by atoms with Crippen molar-refractivity contribution in [2.24, 2.45) is 5.10 Å². The number of anilines is 1. The Morgan fingerprint density at radius 1 is 1.00 bits per heavy atom. The fourth-order valence-corrected chi connectivity index (χ4v) is 2.73. The summed E-state index contributed by atoms with van der Waals surface area (Å²) in [5.41, 5.74) is 6.07. The smallest absolute Gasteiger partial charge is 0.343 e. The molecule has 3 rings (SSSR count). The zero-order valence-corrected chi connectivity index (χ0v) is 17.4. The van der Waals surface area contributed by atoms with Crippen LogP contribution in [0.15, 0.2) is 77.9 Å². The standard InChI is InChI=1S/C23H21N3O3S/c1-16-4-3-5-19(14-16)25-23(30)26-24-15-17-6-10-21(11-7-17)29-22(27)18-8-12-20(28-2)13-9-18/h3-15H,1-2H3,(H2,25,26,30)/b24-15+. The lowest BCUT2D eigenvalue weighted by molar-refractivity contribution is 0.0734. The van der Waals surface area contributed by atoms with Gasteiger partial charge >= 0.3 is 5.97 Å². The molecule has 152 valence electrons. The normalized spacial score (nSPS) is 10.5. The van der Waals surface area contributed by atoms with Crippen LogP contribution in [-0.2, 0) is 0 Å². The van der Waals surface area contributed by atoms with Gasteiger partial charge in [-0.05, 0) is 90.9 Å². The molecule has 30 heavy (non-hydrogen) atoms. The second kappa shape index (κ2) is 10.2. The van der Waals surface area contributed by atoms with Crippen LogP contribution >= 0.6 is 12.2 Å². The van der Waals surface area contributed by atoms with E-state index in [1.165, 1.54) is 0 Å². The molecule has 0 saturated carbocycles. The summed E-state index contributed by atoms with van der Waals surface area (Å²) in [6.07, 6.45) is 1.62. The summed E-state index contributed by atoms with van der Waals surface area (Å²) < 4.78 is 10.5. The molecule has 0 spiro atoms. The summed E-state index contributed by atoms with van der Waals surface area (Å²) in [5.74, 6) is 0.684. The van der Waals surface area contributed by atoms with E-state index in [0.717, 1.165) is 16.8 Å². The lowest BCUT2D eigenvalue weighted by Gasteiger charge is -2.07. The molecular formula is C23H21N3O3S. The van der Waals surface area contributed by atoms with Gasteiger partial charge in [0.1, 0.15) is 11.5 Å². The first-order valence-electron chi connectivity index (χ1n) is 9.16. The minimum atomic E-state index is -0.437. The molecule has 7 heteroatoms. The van der Waals surface area contributed by atoms with Crippen molar-refractivity contribution < 1.29 is 14.3 Å². The van der Waals surface area contributed by atoms with Gasteiger partial charge in [-0.1, -0.05) is 12.1 Å². The van der Waals surface area contributed by atoms with Gasteiger partial charge in [-0.2, -0.15) is 5.10 Å². The molecular weight excluding hydrogens is 398 g/mol. The summed E-state index contributed by atoms with van der Waals surface area (Å²) in [7, 11) is 1.57. The number of hydrazone groups is 1. The lowest BCUT2D eigenvalue weighted by Crippen LogP contribution is -2.23. The van der Waals surface area contributed by atoms with Crippen molar-refractivity contribution in [1.29, 1.82) is 0 Å². The van der Waals surface area contributed by atoms with E-state index < -0.39 is 5.97 Å². The molecule has 0 fully saturated rings. The van der Waals surface area contributed by atoms with Crippen LogP contribution in [0, 0.1) is 6.92 Å². The quantitative estimate of drug-likeness (QED) is 0.201. The number of rotatable bonds is 6. The van der Waals surface area contributed by atoms with Crippen molar-refractivity contribution in [3.8, 4) is 11.5 Å². The third-order valence-corrected chi connectivity index (χ3v) is 4.27. The predicted octanol–water partition coefficient (Wildman–Crippen LogP) is 4.54. The topological polar surface area (TPSA) is 72.0 Å². The fraction of sp³-hybridized carbons (Fsp3) is 0.0870. The summed E-state index contributed by atoms with van der Waals surface area (Å²) in [6.45, 7) is 2.01. The number of ether oxygens (including phenoxy) is 2. The molecule has 0 bridgehead atoms. The Balaban J connectivity index is 1.51. The number of methoxy groups -OCH3 is 1. The Labute approximate surface area is 180 Å². The van der Waals surface area contributed by atoms with E-state index in [1.54, 1.807) is 61.9 Å². The maximum Gasteiger partial charge on any atom is 0.343 e. The van der Waals surface area contributed by atoms with Gasteiger partial charge in [0.25, 0.3) is 0 Å². The number of carbonyl (C=O) groups excluding carboxylic acids is 1. The summed E-state index contributed by atoms with van der Waals surface area (Å²) in [5, 5.41) is 7.57. The molecule has 0 aliphatic heterocycles. The maximum absolute atomic E-state index is 12.2. The Bertz CT molecular complexity index is 1050. The van der Waals surface area contributed by atoms with Gasteiger partial charge in [0, 0.05) is 5.69 Å². The number of esters is 1. The maximum atomic E-state index is 12.2. The van der Waals surface area contributed by atoms with E-state index in [4.69, 9.17) is 21.7 Å². The SMILES string of the molecule is COc1ccc(C(=O)Oc2ccc(/C=N/NC(=S)Nc3cccc(C)c3)cc2)cc1. The summed E-state index contributed by atoms with van der Waals surface area (Å²) in [6, 6.07) is 21.6. The Hall–Kier alpha value is -3.71. The van der Waals surface area contributed by atoms with Crippen LogP contribution < -0.4 is 20.2 Å². The second-order valence-electron chi connectivity index (χ2n) is 6.38. The van der Waals surface area contributed by atoms with E-state index in [0.29, 0.717) is 22.2 Å². The first-order chi connectivity index (χ1) is 14.5. The third-order valence-electron chi connectivity index (χ3n) is 4.07. The van der Waals surface area contributed by atoms with Gasteiger partial charge in [-0.25, -0.2) is 4.79 Å². The highest BCUT2D eigenvalue weighted by Crippen LogP contribution is 2.16. The minimum Gasteiger partial charge on any atom is -0.497 e. The van der Waals surface area contributed by atoms with E-state index in [1.807, 2.05) is 31.2 Å². The van der Waals surface area contributed by atoms with Crippen LogP contribution in [0.4, 0.5) is 5.69 Å². The average Bonchev–Trinajstić information content (AvgIpc) is 2.75. The molecule has 6 nitrogen and oxygen atoms in total. The average molecular weight is 420 g/mol. The number of benzene rings is 3.